The Balaban J connectivity index is 1.91. The van der Waals surface area contributed by atoms with Crippen LogP contribution >= 0.6 is 11.6 Å². The van der Waals surface area contributed by atoms with E-state index in [1.54, 1.807) is 24.3 Å². The number of carboxylic acid groups (broad SMARTS) is 1. The van der Waals surface area contributed by atoms with Gasteiger partial charge in [-0.2, -0.15) is 0 Å². The molecule has 0 atom stereocenters. The predicted molar refractivity (Wildman–Crippen MR) is 99.0 cm³/mol. The third kappa shape index (κ3) is 4.61. The lowest BCUT2D eigenvalue weighted by molar-refractivity contribution is -0.136. The van der Waals surface area contributed by atoms with E-state index in [2.05, 4.69) is 0 Å². The molecule has 5 heteroatoms. The number of carboxylic acids is 1. The maximum absolute atomic E-state index is 13.6. The zero-order chi connectivity index (χ0) is 18.5. The van der Waals surface area contributed by atoms with Gasteiger partial charge in [0.15, 0.2) is 0 Å². The van der Waals surface area contributed by atoms with Gasteiger partial charge in [0, 0.05) is 10.6 Å². The Labute approximate surface area is 155 Å². The fourth-order valence-electron chi connectivity index (χ4n) is 2.66. The molecule has 26 heavy (non-hydrogen) atoms. The van der Waals surface area contributed by atoms with Crippen molar-refractivity contribution in [2.24, 2.45) is 0 Å². The van der Waals surface area contributed by atoms with E-state index in [0.717, 1.165) is 5.56 Å². The summed E-state index contributed by atoms with van der Waals surface area (Å²) in [6, 6.07) is 19.0. The molecular weight excluding hydrogens is 355 g/mol. The molecule has 0 fully saturated rings. The van der Waals surface area contributed by atoms with Crippen LogP contribution in [-0.2, 0) is 17.8 Å². The van der Waals surface area contributed by atoms with Crippen molar-refractivity contribution < 1.29 is 19.0 Å². The minimum absolute atomic E-state index is 0.193. The van der Waals surface area contributed by atoms with Crippen molar-refractivity contribution in [2.75, 3.05) is 0 Å². The largest absolute Gasteiger partial charge is 0.489 e. The third-order valence-electron chi connectivity index (χ3n) is 3.84. The van der Waals surface area contributed by atoms with Crippen molar-refractivity contribution in [3.8, 4) is 16.9 Å². The molecular formula is C21H16ClFO3. The highest BCUT2D eigenvalue weighted by Crippen LogP contribution is 2.30. The second kappa shape index (κ2) is 8.02. The van der Waals surface area contributed by atoms with Crippen molar-refractivity contribution in [3.63, 3.8) is 0 Å². The Morgan fingerprint density at radius 1 is 1.00 bits per heavy atom. The summed E-state index contributed by atoms with van der Waals surface area (Å²) in [4.78, 5) is 11.2. The molecule has 0 aromatic heterocycles. The Morgan fingerprint density at radius 2 is 1.77 bits per heavy atom. The number of hydrogen-bond acceptors (Lipinski definition) is 2. The zero-order valence-corrected chi connectivity index (χ0v) is 14.5. The lowest BCUT2D eigenvalue weighted by atomic mass is 10.0. The molecule has 0 bridgehead atoms. The topological polar surface area (TPSA) is 46.5 Å². The predicted octanol–water partition coefficient (Wildman–Crippen LogP) is 5.35. The maximum atomic E-state index is 13.6. The van der Waals surface area contributed by atoms with Gasteiger partial charge in [0.1, 0.15) is 18.2 Å². The standard InChI is InChI=1S/C21H16ClFO3/c22-18-9-16(10-19(23)12-18)15-6-7-20(17(8-15)11-21(24)25)26-13-14-4-2-1-3-5-14/h1-10,12H,11,13H2,(H,24,25). The fraction of sp³-hybridized carbons (Fsp3) is 0.0952. The molecule has 0 radical (unpaired) electrons. The van der Waals surface area contributed by atoms with E-state index in [4.69, 9.17) is 16.3 Å². The first kappa shape index (κ1) is 18.0. The average Bonchev–Trinajstić information content (AvgIpc) is 2.60. The molecule has 3 nitrogen and oxygen atoms in total. The summed E-state index contributed by atoms with van der Waals surface area (Å²) < 4.78 is 19.4. The molecule has 0 amide bonds. The van der Waals surface area contributed by atoms with Crippen LogP contribution < -0.4 is 4.74 Å². The summed E-state index contributed by atoms with van der Waals surface area (Å²) >= 11 is 5.91. The second-order valence-electron chi connectivity index (χ2n) is 5.83. The number of rotatable bonds is 6. The normalized spacial score (nSPS) is 10.5. The first-order chi connectivity index (χ1) is 12.5. The number of aliphatic carboxylic acids is 1. The monoisotopic (exact) mass is 370 g/mol. The first-order valence-electron chi connectivity index (χ1n) is 7.99. The first-order valence-corrected chi connectivity index (χ1v) is 8.37. The van der Waals surface area contributed by atoms with E-state index in [1.165, 1.54) is 12.1 Å². The summed E-state index contributed by atoms with van der Waals surface area (Å²) in [6.45, 7) is 0.332. The molecule has 0 aliphatic rings. The van der Waals surface area contributed by atoms with Crippen molar-refractivity contribution in [1.82, 2.24) is 0 Å². The lowest BCUT2D eigenvalue weighted by Gasteiger charge is -2.13. The summed E-state index contributed by atoms with van der Waals surface area (Å²) in [7, 11) is 0. The van der Waals surface area contributed by atoms with Crippen molar-refractivity contribution >= 4 is 17.6 Å². The average molecular weight is 371 g/mol. The van der Waals surface area contributed by atoms with E-state index in [-0.39, 0.29) is 11.4 Å². The van der Waals surface area contributed by atoms with Crippen LogP contribution in [0.25, 0.3) is 11.1 Å². The summed E-state index contributed by atoms with van der Waals surface area (Å²) in [6.07, 6.45) is -0.193. The van der Waals surface area contributed by atoms with Gasteiger partial charge in [0.05, 0.1) is 6.42 Å². The summed E-state index contributed by atoms with van der Waals surface area (Å²) in [5, 5.41) is 9.47. The van der Waals surface area contributed by atoms with Gasteiger partial charge in [-0.1, -0.05) is 48.0 Å². The van der Waals surface area contributed by atoms with Gasteiger partial charge in [-0.15, -0.1) is 0 Å². The third-order valence-corrected chi connectivity index (χ3v) is 4.05. The molecule has 1 N–H and O–H groups in total. The van der Waals surface area contributed by atoms with Crippen LogP contribution in [0.1, 0.15) is 11.1 Å². The lowest BCUT2D eigenvalue weighted by Crippen LogP contribution is -2.04. The molecule has 0 aliphatic carbocycles. The molecule has 0 spiro atoms. The summed E-state index contributed by atoms with van der Waals surface area (Å²) in [5.74, 6) is -0.928. The summed E-state index contributed by atoms with van der Waals surface area (Å²) in [5.41, 5.74) is 2.76. The van der Waals surface area contributed by atoms with Gasteiger partial charge in [-0.25, -0.2) is 4.39 Å². The van der Waals surface area contributed by atoms with Crippen LogP contribution in [-0.4, -0.2) is 11.1 Å². The minimum Gasteiger partial charge on any atom is -0.489 e. The number of halogens is 2. The van der Waals surface area contributed by atoms with E-state index < -0.39 is 11.8 Å². The second-order valence-corrected chi connectivity index (χ2v) is 6.26. The van der Waals surface area contributed by atoms with Gasteiger partial charge >= 0.3 is 5.97 Å². The quantitative estimate of drug-likeness (QED) is 0.636. The fourth-order valence-corrected chi connectivity index (χ4v) is 2.88. The van der Waals surface area contributed by atoms with Crippen molar-refractivity contribution in [2.45, 2.75) is 13.0 Å². The number of benzene rings is 3. The van der Waals surface area contributed by atoms with Gasteiger partial charge in [-0.3, -0.25) is 4.79 Å². The smallest absolute Gasteiger partial charge is 0.307 e. The van der Waals surface area contributed by atoms with Gasteiger partial charge < -0.3 is 9.84 Å². The Kier molecular flexibility index (Phi) is 5.54. The van der Waals surface area contributed by atoms with Crippen LogP contribution in [0.15, 0.2) is 66.7 Å². The molecule has 0 aliphatic heterocycles. The molecule has 3 rings (SSSR count). The number of hydrogen-bond donors (Lipinski definition) is 1. The SMILES string of the molecule is O=C(O)Cc1cc(-c2cc(F)cc(Cl)c2)ccc1OCc1ccccc1. The molecule has 0 heterocycles. The van der Waals surface area contributed by atoms with E-state index >= 15 is 0 Å². The zero-order valence-electron chi connectivity index (χ0n) is 13.8. The van der Waals surface area contributed by atoms with Gasteiger partial charge in [0.2, 0.25) is 0 Å². The minimum atomic E-state index is -0.969. The Hall–Kier alpha value is -2.85. The Bertz CT molecular complexity index is 906. The molecule has 0 unspecified atom stereocenters. The highest BCUT2D eigenvalue weighted by atomic mass is 35.5. The van der Waals surface area contributed by atoms with E-state index in [1.807, 2.05) is 30.3 Å². The van der Waals surface area contributed by atoms with Crippen LogP contribution in [0, 0.1) is 5.82 Å². The van der Waals surface area contributed by atoms with Gasteiger partial charge in [-0.05, 0) is 47.0 Å². The van der Waals surface area contributed by atoms with Crippen molar-refractivity contribution in [3.05, 3.63) is 88.7 Å². The molecule has 3 aromatic rings. The molecule has 3 aromatic carbocycles. The van der Waals surface area contributed by atoms with Crippen LogP contribution in [0.5, 0.6) is 5.75 Å². The number of ether oxygens (including phenoxy) is 1. The van der Waals surface area contributed by atoms with E-state index in [9.17, 15) is 14.3 Å². The highest BCUT2D eigenvalue weighted by Gasteiger charge is 2.12. The van der Waals surface area contributed by atoms with Gasteiger partial charge in [0.25, 0.3) is 0 Å². The number of carbonyl (C=O) groups is 1. The molecule has 132 valence electrons. The van der Waals surface area contributed by atoms with E-state index in [0.29, 0.717) is 29.0 Å². The van der Waals surface area contributed by atoms with Crippen LogP contribution in [0.3, 0.4) is 0 Å². The molecule has 0 saturated carbocycles. The van der Waals surface area contributed by atoms with Crippen LogP contribution in [0.2, 0.25) is 5.02 Å². The highest BCUT2D eigenvalue weighted by molar-refractivity contribution is 6.30. The molecule has 0 saturated heterocycles. The Morgan fingerprint density at radius 3 is 2.46 bits per heavy atom. The maximum Gasteiger partial charge on any atom is 0.307 e. The van der Waals surface area contributed by atoms with Crippen LogP contribution in [0.4, 0.5) is 4.39 Å². The van der Waals surface area contributed by atoms with Crippen molar-refractivity contribution in [1.29, 1.82) is 0 Å².